The van der Waals surface area contributed by atoms with Gasteiger partial charge in [0, 0.05) is 10.0 Å². The number of thioether (sulfide) groups is 1. The van der Waals surface area contributed by atoms with E-state index in [1.807, 2.05) is 30.8 Å². The van der Waals surface area contributed by atoms with Gasteiger partial charge in [-0.15, -0.1) is 0 Å². The second kappa shape index (κ2) is 8.01. The minimum atomic E-state index is 0.0132. The monoisotopic (exact) mass is 318 g/mol. The molecule has 17 heavy (non-hydrogen) atoms. The van der Waals surface area contributed by atoms with E-state index in [2.05, 4.69) is 22.9 Å². The van der Waals surface area contributed by atoms with Gasteiger partial charge in [0.25, 0.3) is 0 Å². The van der Waals surface area contributed by atoms with Crippen LogP contribution in [0.2, 0.25) is 0 Å². The number of hydrogen-bond donors (Lipinski definition) is 1. The van der Waals surface area contributed by atoms with Gasteiger partial charge >= 0.3 is 0 Å². The molecule has 0 spiro atoms. The van der Waals surface area contributed by atoms with E-state index in [1.54, 1.807) is 0 Å². The Morgan fingerprint density at radius 1 is 1.41 bits per heavy atom. The first-order valence-corrected chi connectivity index (χ1v) is 7.74. The summed E-state index contributed by atoms with van der Waals surface area (Å²) in [6.45, 7) is 4.89. The lowest BCUT2D eigenvalue weighted by Gasteiger charge is -2.13. The van der Waals surface area contributed by atoms with Crippen LogP contribution in [0.3, 0.4) is 0 Å². The summed E-state index contributed by atoms with van der Waals surface area (Å²) in [5.41, 5.74) is 1.91. The lowest BCUT2D eigenvalue weighted by molar-refractivity contribution is 0.262. The zero-order chi connectivity index (χ0) is 12.7. The van der Waals surface area contributed by atoms with E-state index in [-0.39, 0.29) is 6.61 Å². The van der Waals surface area contributed by atoms with E-state index >= 15 is 0 Å². The molecule has 0 aliphatic heterocycles. The molecule has 0 heterocycles. The average Bonchev–Trinajstić information content (AvgIpc) is 2.30. The summed E-state index contributed by atoms with van der Waals surface area (Å²) in [5.74, 6) is 3.11. The van der Waals surface area contributed by atoms with Crippen molar-refractivity contribution in [3.8, 4) is 5.75 Å². The summed E-state index contributed by atoms with van der Waals surface area (Å²) in [7, 11) is 0. The van der Waals surface area contributed by atoms with Crippen molar-refractivity contribution in [2.45, 2.75) is 26.9 Å². The molecule has 1 aromatic rings. The van der Waals surface area contributed by atoms with E-state index in [0.29, 0.717) is 6.61 Å². The van der Waals surface area contributed by atoms with Gasteiger partial charge in [0.1, 0.15) is 5.75 Å². The highest BCUT2D eigenvalue weighted by molar-refractivity contribution is 9.10. The number of ether oxygens (including phenoxy) is 1. The van der Waals surface area contributed by atoms with E-state index in [1.165, 1.54) is 0 Å². The van der Waals surface area contributed by atoms with Crippen molar-refractivity contribution in [3.63, 3.8) is 0 Å². The van der Waals surface area contributed by atoms with Gasteiger partial charge in [0.05, 0.1) is 13.2 Å². The van der Waals surface area contributed by atoms with Crippen LogP contribution in [0.1, 0.15) is 24.5 Å². The molecule has 0 aromatic heterocycles. The van der Waals surface area contributed by atoms with E-state index in [4.69, 9.17) is 4.74 Å². The van der Waals surface area contributed by atoms with Gasteiger partial charge in [-0.25, -0.2) is 0 Å². The third-order valence-corrected chi connectivity index (χ3v) is 3.81. The first-order valence-electron chi connectivity index (χ1n) is 5.79. The Hall–Kier alpha value is -0.190. The molecule has 0 atom stereocenters. The number of aryl methyl sites for hydroxylation is 1. The Bertz CT molecular complexity index is 356. The predicted octanol–water partition coefficient (Wildman–Crippen LogP) is 3.77. The maximum Gasteiger partial charge on any atom is 0.127 e. The lowest BCUT2D eigenvalue weighted by atomic mass is 10.1. The van der Waals surface area contributed by atoms with Crippen LogP contribution in [0.4, 0.5) is 0 Å². The van der Waals surface area contributed by atoms with Gasteiger partial charge in [-0.1, -0.05) is 22.9 Å². The number of rotatable bonds is 7. The summed E-state index contributed by atoms with van der Waals surface area (Å²) in [6.07, 6.45) is 1.04. The molecule has 0 saturated heterocycles. The molecule has 1 N–H and O–H groups in total. The quantitative estimate of drug-likeness (QED) is 0.776. The highest BCUT2D eigenvalue weighted by Crippen LogP contribution is 2.28. The Morgan fingerprint density at radius 3 is 2.82 bits per heavy atom. The molecule has 0 amide bonds. The topological polar surface area (TPSA) is 29.5 Å². The van der Waals surface area contributed by atoms with Crippen LogP contribution in [0.25, 0.3) is 0 Å². The lowest BCUT2D eigenvalue weighted by Crippen LogP contribution is -2.03. The van der Waals surface area contributed by atoms with Crippen LogP contribution in [-0.4, -0.2) is 23.2 Å². The zero-order valence-electron chi connectivity index (χ0n) is 10.3. The summed E-state index contributed by atoms with van der Waals surface area (Å²) in [4.78, 5) is 0. The summed E-state index contributed by atoms with van der Waals surface area (Å²) < 4.78 is 6.75. The Balaban J connectivity index is 2.57. The minimum absolute atomic E-state index is 0.0132. The Labute approximate surface area is 116 Å². The fourth-order valence-corrected chi connectivity index (χ4v) is 2.83. The van der Waals surface area contributed by atoms with Crippen molar-refractivity contribution < 1.29 is 9.84 Å². The van der Waals surface area contributed by atoms with Crippen molar-refractivity contribution in [2.24, 2.45) is 0 Å². The van der Waals surface area contributed by atoms with Crippen LogP contribution in [-0.2, 0) is 6.61 Å². The fraction of sp³-hybridized carbons (Fsp3) is 0.538. The van der Waals surface area contributed by atoms with Gasteiger partial charge in [-0.05, 0) is 42.5 Å². The van der Waals surface area contributed by atoms with Crippen molar-refractivity contribution in [3.05, 3.63) is 27.7 Å². The van der Waals surface area contributed by atoms with Crippen LogP contribution < -0.4 is 4.74 Å². The third kappa shape index (κ3) is 4.90. The van der Waals surface area contributed by atoms with E-state index < -0.39 is 0 Å². The number of hydrogen-bond acceptors (Lipinski definition) is 3. The Kier molecular flexibility index (Phi) is 7.00. The maximum atomic E-state index is 9.30. The summed E-state index contributed by atoms with van der Waals surface area (Å²) >= 11 is 5.34. The molecule has 4 heteroatoms. The van der Waals surface area contributed by atoms with Crippen LogP contribution >= 0.6 is 27.7 Å². The molecule has 0 aliphatic rings. The molecule has 0 fully saturated rings. The number of benzene rings is 1. The molecule has 1 aromatic carbocycles. The minimum Gasteiger partial charge on any atom is -0.493 e. The molecule has 0 unspecified atom stereocenters. The normalized spacial score (nSPS) is 10.6. The molecule has 96 valence electrons. The van der Waals surface area contributed by atoms with Gasteiger partial charge in [-0.3, -0.25) is 0 Å². The van der Waals surface area contributed by atoms with Crippen molar-refractivity contribution in [1.82, 2.24) is 0 Å². The van der Waals surface area contributed by atoms with Crippen LogP contribution in [0.15, 0.2) is 16.6 Å². The summed E-state index contributed by atoms with van der Waals surface area (Å²) in [6, 6.07) is 3.92. The number of halogens is 1. The second-order valence-corrected chi connectivity index (χ2v) is 6.08. The highest BCUT2D eigenvalue weighted by atomic mass is 79.9. The third-order valence-electron chi connectivity index (χ3n) is 2.37. The first-order chi connectivity index (χ1) is 8.19. The van der Waals surface area contributed by atoms with Gasteiger partial charge in [-0.2, -0.15) is 11.8 Å². The molecular weight excluding hydrogens is 300 g/mol. The van der Waals surface area contributed by atoms with E-state index in [0.717, 1.165) is 39.3 Å². The molecule has 0 aliphatic carbocycles. The highest BCUT2D eigenvalue weighted by Gasteiger charge is 2.08. The molecule has 0 radical (unpaired) electrons. The standard InChI is InChI=1S/C13H19BrO2S/c1-3-17-6-4-5-16-13-10(2)7-12(14)8-11(13)9-15/h7-8,15H,3-6,9H2,1-2H3. The molecule has 0 saturated carbocycles. The number of aliphatic hydroxyl groups is 1. The summed E-state index contributed by atoms with van der Waals surface area (Å²) in [5, 5.41) is 9.30. The molecule has 2 nitrogen and oxygen atoms in total. The van der Waals surface area contributed by atoms with Crippen molar-refractivity contribution in [1.29, 1.82) is 0 Å². The van der Waals surface area contributed by atoms with Gasteiger partial charge in [0.2, 0.25) is 0 Å². The fourth-order valence-electron chi connectivity index (χ4n) is 1.60. The van der Waals surface area contributed by atoms with Crippen molar-refractivity contribution in [2.75, 3.05) is 18.1 Å². The molecular formula is C13H19BrO2S. The first kappa shape index (κ1) is 14.9. The van der Waals surface area contributed by atoms with Gasteiger partial charge < -0.3 is 9.84 Å². The molecule has 0 bridgehead atoms. The molecule has 1 rings (SSSR count). The van der Waals surface area contributed by atoms with Gasteiger partial charge in [0.15, 0.2) is 0 Å². The smallest absolute Gasteiger partial charge is 0.127 e. The predicted molar refractivity (Wildman–Crippen MR) is 77.9 cm³/mol. The van der Waals surface area contributed by atoms with Crippen LogP contribution in [0, 0.1) is 6.92 Å². The zero-order valence-corrected chi connectivity index (χ0v) is 12.7. The SMILES string of the molecule is CCSCCCOc1c(C)cc(Br)cc1CO. The van der Waals surface area contributed by atoms with Crippen LogP contribution in [0.5, 0.6) is 5.75 Å². The average molecular weight is 319 g/mol. The van der Waals surface area contributed by atoms with E-state index in [9.17, 15) is 5.11 Å². The Morgan fingerprint density at radius 2 is 2.18 bits per heavy atom. The second-order valence-electron chi connectivity index (χ2n) is 3.77. The van der Waals surface area contributed by atoms with Crippen molar-refractivity contribution >= 4 is 27.7 Å². The largest absolute Gasteiger partial charge is 0.493 e. The maximum absolute atomic E-state index is 9.30. The number of aliphatic hydroxyl groups excluding tert-OH is 1.